The molecule has 0 bridgehead atoms. The minimum Gasteiger partial charge on any atom is -0.465 e. The van der Waals surface area contributed by atoms with Crippen LogP contribution in [0.5, 0.6) is 11.5 Å². The summed E-state index contributed by atoms with van der Waals surface area (Å²) in [4.78, 5) is 10.3. The van der Waals surface area contributed by atoms with Crippen LogP contribution in [0.3, 0.4) is 0 Å². The number of nitrogens with one attached hydrogen (secondary N) is 1. The summed E-state index contributed by atoms with van der Waals surface area (Å²) >= 11 is 0. The predicted octanol–water partition coefficient (Wildman–Crippen LogP) is 1.18. The van der Waals surface area contributed by atoms with Crippen molar-refractivity contribution >= 4 is 6.09 Å². The third-order valence-electron chi connectivity index (χ3n) is 1.91. The van der Waals surface area contributed by atoms with E-state index in [1.54, 1.807) is 18.2 Å². The van der Waals surface area contributed by atoms with E-state index in [0.29, 0.717) is 11.5 Å². The maximum atomic E-state index is 10.3. The van der Waals surface area contributed by atoms with Crippen LogP contribution < -0.4 is 14.8 Å². The Hall–Kier alpha value is -1.91. The molecule has 0 unspecified atom stereocenters. The van der Waals surface area contributed by atoms with Crippen LogP contribution in [0.1, 0.15) is 5.56 Å². The number of ether oxygens (including phenoxy) is 2. The van der Waals surface area contributed by atoms with Crippen molar-refractivity contribution in [2.45, 2.75) is 6.54 Å². The molecule has 5 nitrogen and oxygen atoms in total. The average molecular weight is 195 g/mol. The van der Waals surface area contributed by atoms with Crippen LogP contribution in [-0.4, -0.2) is 18.0 Å². The van der Waals surface area contributed by atoms with Gasteiger partial charge in [-0.05, 0) is 6.07 Å². The van der Waals surface area contributed by atoms with Gasteiger partial charge in [0.1, 0.15) is 0 Å². The summed E-state index contributed by atoms with van der Waals surface area (Å²) in [6.07, 6.45) is -1.05. The molecular formula is C9H9NO4. The molecule has 1 amide bonds. The first-order valence-corrected chi connectivity index (χ1v) is 4.11. The van der Waals surface area contributed by atoms with E-state index in [1.807, 2.05) is 0 Å². The van der Waals surface area contributed by atoms with E-state index in [-0.39, 0.29) is 13.3 Å². The Morgan fingerprint density at radius 2 is 2.36 bits per heavy atom. The Morgan fingerprint density at radius 3 is 3.14 bits per heavy atom. The highest BCUT2D eigenvalue weighted by atomic mass is 16.7. The van der Waals surface area contributed by atoms with Crippen molar-refractivity contribution in [3.05, 3.63) is 23.8 Å². The van der Waals surface area contributed by atoms with Crippen molar-refractivity contribution in [1.29, 1.82) is 0 Å². The molecule has 1 aromatic carbocycles. The van der Waals surface area contributed by atoms with Crippen molar-refractivity contribution in [2.75, 3.05) is 6.79 Å². The number of para-hydroxylation sites is 1. The van der Waals surface area contributed by atoms with Gasteiger partial charge in [0.15, 0.2) is 11.5 Å². The second-order valence-electron chi connectivity index (χ2n) is 2.81. The van der Waals surface area contributed by atoms with Gasteiger partial charge < -0.3 is 19.9 Å². The van der Waals surface area contributed by atoms with Crippen molar-refractivity contribution < 1.29 is 19.4 Å². The second kappa shape index (κ2) is 3.45. The molecule has 0 radical (unpaired) electrons. The molecule has 0 atom stereocenters. The fourth-order valence-corrected chi connectivity index (χ4v) is 1.30. The monoisotopic (exact) mass is 195 g/mol. The zero-order valence-electron chi connectivity index (χ0n) is 7.32. The molecule has 1 heterocycles. The predicted molar refractivity (Wildman–Crippen MR) is 47.4 cm³/mol. The van der Waals surface area contributed by atoms with Crippen LogP contribution in [-0.2, 0) is 6.54 Å². The molecule has 2 rings (SSSR count). The maximum absolute atomic E-state index is 10.3. The minimum absolute atomic E-state index is 0.194. The quantitative estimate of drug-likeness (QED) is 0.743. The maximum Gasteiger partial charge on any atom is 0.404 e. The van der Waals surface area contributed by atoms with E-state index < -0.39 is 6.09 Å². The summed E-state index contributed by atoms with van der Waals surface area (Å²) < 4.78 is 10.4. The van der Waals surface area contributed by atoms with Gasteiger partial charge in [0.2, 0.25) is 6.79 Å². The first-order chi connectivity index (χ1) is 6.77. The normalized spacial score (nSPS) is 12.6. The zero-order valence-corrected chi connectivity index (χ0v) is 7.32. The van der Waals surface area contributed by atoms with Crippen LogP contribution in [0.2, 0.25) is 0 Å². The average Bonchev–Trinajstić information content (AvgIpc) is 2.62. The lowest BCUT2D eigenvalue weighted by Gasteiger charge is -2.04. The molecule has 0 aromatic heterocycles. The number of amides is 1. The number of hydrogen-bond donors (Lipinski definition) is 2. The SMILES string of the molecule is O=C(O)NCc1cccc2c1OCO2. The van der Waals surface area contributed by atoms with E-state index in [9.17, 15) is 4.79 Å². The fraction of sp³-hybridized carbons (Fsp3) is 0.222. The molecule has 1 aliphatic rings. The Balaban J connectivity index is 2.17. The minimum atomic E-state index is -1.05. The highest BCUT2D eigenvalue weighted by molar-refractivity contribution is 5.64. The molecule has 1 aromatic rings. The first-order valence-electron chi connectivity index (χ1n) is 4.11. The Kier molecular flexibility index (Phi) is 2.14. The van der Waals surface area contributed by atoms with E-state index in [2.05, 4.69) is 5.32 Å². The fourth-order valence-electron chi connectivity index (χ4n) is 1.30. The van der Waals surface area contributed by atoms with Gasteiger partial charge >= 0.3 is 6.09 Å². The third-order valence-corrected chi connectivity index (χ3v) is 1.91. The van der Waals surface area contributed by atoms with Crippen LogP contribution in [0.15, 0.2) is 18.2 Å². The van der Waals surface area contributed by atoms with Gasteiger partial charge in [-0.1, -0.05) is 12.1 Å². The highest BCUT2D eigenvalue weighted by Gasteiger charge is 2.16. The van der Waals surface area contributed by atoms with Crippen LogP contribution in [0, 0.1) is 0 Å². The summed E-state index contributed by atoms with van der Waals surface area (Å²) in [7, 11) is 0. The largest absolute Gasteiger partial charge is 0.465 e. The molecule has 14 heavy (non-hydrogen) atoms. The number of fused-ring (bicyclic) bond motifs is 1. The number of benzene rings is 1. The summed E-state index contributed by atoms with van der Waals surface area (Å²) in [6, 6.07) is 5.38. The Labute approximate surface area is 80.3 Å². The molecule has 5 heteroatoms. The van der Waals surface area contributed by atoms with Gasteiger partial charge in [-0.2, -0.15) is 0 Å². The molecule has 0 spiro atoms. The standard InChI is InChI=1S/C9H9NO4/c11-9(12)10-4-6-2-1-3-7-8(6)14-5-13-7/h1-3,10H,4-5H2,(H,11,12). The smallest absolute Gasteiger partial charge is 0.404 e. The van der Waals surface area contributed by atoms with Crippen molar-refractivity contribution in [3.8, 4) is 11.5 Å². The number of rotatable bonds is 2. The van der Waals surface area contributed by atoms with Crippen molar-refractivity contribution in [2.24, 2.45) is 0 Å². The Bertz CT molecular complexity index is 364. The first kappa shape index (κ1) is 8.68. The summed E-state index contributed by atoms with van der Waals surface area (Å²) in [5.74, 6) is 1.29. The van der Waals surface area contributed by atoms with Gasteiger partial charge in [0, 0.05) is 12.1 Å². The van der Waals surface area contributed by atoms with Crippen molar-refractivity contribution in [3.63, 3.8) is 0 Å². The molecule has 2 N–H and O–H groups in total. The molecule has 0 aliphatic carbocycles. The summed E-state index contributed by atoms with van der Waals surface area (Å²) in [5.41, 5.74) is 0.780. The van der Waals surface area contributed by atoms with Crippen LogP contribution >= 0.6 is 0 Å². The second-order valence-corrected chi connectivity index (χ2v) is 2.81. The number of hydrogen-bond acceptors (Lipinski definition) is 3. The van der Waals surface area contributed by atoms with Gasteiger partial charge in [-0.3, -0.25) is 0 Å². The lowest BCUT2D eigenvalue weighted by atomic mass is 10.2. The molecule has 0 saturated carbocycles. The Morgan fingerprint density at radius 1 is 1.50 bits per heavy atom. The highest BCUT2D eigenvalue weighted by Crippen LogP contribution is 2.34. The number of carbonyl (C=O) groups is 1. The van der Waals surface area contributed by atoms with Crippen LogP contribution in [0.25, 0.3) is 0 Å². The van der Waals surface area contributed by atoms with Gasteiger partial charge in [-0.15, -0.1) is 0 Å². The zero-order chi connectivity index (χ0) is 9.97. The van der Waals surface area contributed by atoms with Gasteiger partial charge in [0.25, 0.3) is 0 Å². The van der Waals surface area contributed by atoms with E-state index in [4.69, 9.17) is 14.6 Å². The molecule has 1 aliphatic heterocycles. The summed E-state index contributed by atoms with van der Waals surface area (Å²) in [6.45, 7) is 0.418. The molecule has 0 fully saturated rings. The van der Waals surface area contributed by atoms with Crippen molar-refractivity contribution in [1.82, 2.24) is 5.32 Å². The van der Waals surface area contributed by atoms with E-state index >= 15 is 0 Å². The third kappa shape index (κ3) is 1.56. The summed E-state index contributed by atoms with van der Waals surface area (Å²) in [5, 5.41) is 10.7. The lowest BCUT2D eigenvalue weighted by Crippen LogP contribution is -2.20. The van der Waals surface area contributed by atoms with E-state index in [0.717, 1.165) is 5.56 Å². The molecule has 74 valence electrons. The molecular weight excluding hydrogens is 186 g/mol. The topological polar surface area (TPSA) is 67.8 Å². The van der Waals surface area contributed by atoms with Gasteiger partial charge in [-0.25, -0.2) is 4.79 Å². The van der Waals surface area contributed by atoms with Crippen LogP contribution in [0.4, 0.5) is 4.79 Å². The molecule has 0 saturated heterocycles. The lowest BCUT2D eigenvalue weighted by molar-refractivity contribution is 0.173. The number of carboxylic acid groups (broad SMARTS) is 1. The van der Waals surface area contributed by atoms with E-state index in [1.165, 1.54) is 0 Å². The van der Waals surface area contributed by atoms with Gasteiger partial charge in [0.05, 0.1) is 0 Å².